The summed E-state index contributed by atoms with van der Waals surface area (Å²) < 4.78 is 0. The predicted octanol–water partition coefficient (Wildman–Crippen LogP) is 11.2. The average Bonchev–Trinajstić information content (AvgIpc) is 2.97. The molecule has 2 fully saturated rings. The Morgan fingerprint density at radius 3 is 1.87 bits per heavy atom. The third kappa shape index (κ3) is 9.19. The van der Waals surface area contributed by atoms with Gasteiger partial charge in [-0.15, -0.1) is 0 Å². The van der Waals surface area contributed by atoms with Crippen LogP contribution in [-0.2, 0) is 6.42 Å². The molecule has 0 aliphatic heterocycles. The smallest absolute Gasteiger partial charge is 0.0249 e. The number of hydrogen-bond acceptors (Lipinski definition) is 0. The molecule has 0 unspecified atom stereocenters. The summed E-state index contributed by atoms with van der Waals surface area (Å²) in [5.41, 5.74) is 5.73. The maximum atomic E-state index is 3.37. The van der Waals surface area contributed by atoms with Crippen LogP contribution in [0.1, 0.15) is 144 Å². The van der Waals surface area contributed by atoms with Crippen LogP contribution in [0.3, 0.4) is 0 Å². The highest BCUT2D eigenvalue weighted by Gasteiger charge is 2.22. The van der Waals surface area contributed by atoms with Crippen LogP contribution in [0.5, 0.6) is 0 Å². The summed E-state index contributed by atoms with van der Waals surface area (Å²) in [5, 5.41) is 0. The number of benzene rings is 2. The highest BCUT2D eigenvalue weighted by molar-refractivity contribution is 5.39. The third-order valence-corrected chi connectivity index (χ3v) is 9.40. The molecule has 2 aliphatic carbocycles. The van der Waals surface area contributed by atoms with Crippen LogP contribution in [0.2, 0.25) is 0 Å². The van der Waals surface area contributed by atoms with E-state index in [-0.39, 0.29) is 0 Å². The van der Waals surface area contributed by atoms with Gasteiger partial charge in [0.2, 0.25) is 0 Å². The largest absolute Gasteiger partial charge is 0.0730 e. The van der Waals surface area contributed by atoms with E-state index in [1.54, 1.807) is 5.56 Å². The maximum Gasteiger partial charge on any atom is 0.0249 e. The van der Waals surface area contributed by atoms with Crippen LogP contribution in [0, 0.1) is 23.7 Å². The average molecular weight is 509 g/mol. The van der Waals surface area contributed by atoms with E-state index in [4.69, 9.17) is 0 Å². The Kier molecular flexibility index (Phi) is 12.1. The lowest BCUT2D eigenvalue weighted by atomic mass is 9.77. The van der Waals surface area contributed by atoms with E-state index in [0.29, 0.717) is 5.92 Å². The fourth-order valence-electron chi connectivity index (χ4n) is 6.80. The molecule has 204 valence electrons. The molecule has 0 saturated heterocycles. The van der Waals surface area contributed by atoms with Gasteiger partial charge in [0, 0.05) is 5.56 Å². The SMILES string of the molecule is CCCCCc1ccc(C2CCC(C=CC#Cc3ccc(C4CCC(CCCCC)CC4)cc3)CC2)cc1. The molecule has 0 N–H and O–H groups in total. The van der Waals surface area contributed by atoms with Crippen molar-refractivity contribution >= 4 is 0 Å². The van der Waals surface area contributed by atoms with Crippen molar-refractivity contribution in [2.75, 3.05) is 0 Å². The van der Waals surface area contributed by atoms with Gasteiger partial charge in [-0.25, -0.2) is 0 Å². The van der Waals surface area contributed by atoms with E-state index < -0.39 is 0 Å². The maximum absolute atomic E-state index is 3.37. The van der Waals surface area contributed by atoms with Gasteiger partial charge in [0.25, 0.3) is 0 Å². The lowest BCUT2D eigenvalue weighted by molar-refractivity contribution is 0.303. The fourth-order valence-corrected chi connectivity index (χ4v) is 6.80. The Labute approximate surface area is 234 Å². The molecule has 0 amide bonds. The van der Waals surface area contributed by atoms with Gasteiger partial charge in [0.1, 0.15) is 0 Å². The van der Waals surface area contributed by atoms with E-state index in [9.17, 15) is 0 Å². The quantitative estimate of drug-likeness (QED) is 0.209. The van der Waals surface area contributed by atoms with Crippen LogP contribution < -0.4 is 0 Å². The Morgan fingerprint density at radius 1 is 0.658 bits per heavy atom. The number of hydrogen-bond donors (Lipinski definition) is 0. The summed E-state index contributed by atoms with van der Waals surface area (Å²) in [6.07, 6.45) is 26.1. The second kappa shape index (κ2) is 16.0. The van der Waals surface area contributed by atoms with E-state index in [0.717, 1.165) is 23.3 Å². The molecule has 38 heavy (non-hydrogen) atoms. The molecular weight excluding hydrogens is 456 g/mol. The van der Waals surface area contributed by atoms with Gasteiger partial charge in [-0.3, -0.25) is 0 Å². The molecule has 2 aromatic rings. The van der Waals surface area contributed by atoms with Gasteiger partial charge < -0.3 is 0 Å². The molecule has 0 atom stereocenters. The zero-order chi connectivity index (χ0) is 26.4. The normalized spacial score (nSPS) is 23.7. The van der Waals surface area contributed by atoms with Gasteiger partial charge in [-0.05, 0) is 123 Å². The molecule has 0 radical (unpaired) electrons. The summed E-state index contributed by atoms with van der Waals surface area (Å²) in [6.45, 7) is 4.59. The van der Waals surface area contributed by atoms with Crippen molar-refractivity contribution in [1.82, 2.24) is 0 Å². The molecule has 0 heterocycles. The van der Waals surface area contributed by atoms with Crippen LogP contribution in [0.4, 0.5) is 0 Å². The lowest BCUT2D eigenvalue weighted by Crippen LogP contribution is -2.13. The van der Waals surface area contributed by atoms with Crippen LogP contribution >= 0.6 is 0 Å². The zero-order valence-corrected chi connectivity index (χ0v) is 24.4. The molecule has 0 heteroatoms. The Bertz CT molecular complexity index is 996. The molecule has 4 rings (SSSR count). The Balaban J connectivity index is 1.17. The molecular formula is C38H52. The van der Waals surface area contributed by atoms with Crippen LogP contribution in [-0.4, -0.2) is 0 Å². The summed E-state index contributed by atoms with van der Waals surface area (Å²) in [4.78, 5) is 0. The second-order valence-corrected chi connectivity index (χ2v) is 12.3. The van der Waals surface area contributed by atoms with Gasteiger partial charge in [-0.2, -0.15) is 0 Å². The minimum absolute atomic E-state index is 0.688. The van der Waals surface area contributed by atoms with Crippen molar-refractivity contribution in [2.45, 2.75) is 128 Å². The first-order valence-corrected chi connectivity index (χ1v) is 16.1. The Hall–Kier alpha value is -2.26. The topological polar surface area (TPSA) is 0 Å². The molecule has 2 aliphatic rings. The number of aryl methyl sites for hydroxylation is 1. The van der Waals surface area contributed by atoms with Crippen molar-refractivity contribution in [1.29, 1.82) is 0 Å². The van der Waals surface area contributed by atoms with Gasteiger partial charge in [0.05, 0.1) is 0 Å². The zero-order valence-electron chi connectivity index (χ0n) is 24.4. The minimum Gasteiger partial charge on any atom is -0.0730 e. The lowest BCUT2D eigenvalue weighted by Gasteiger charge is -2.29. The van der Waals surface area contributed by atoms with E-state index in [1.807, 2.05) is 0 Å². The van der Waals surface area contributed by atoms with Crippen molar-refractivity contribution in [3.8, 4) is 11.8 Å². The van der Waals surface area contributed by atoms with Crippen molar-refractivity contribution < 1.29 is 0 Å². The van der Waals surface area contributed by atoms with E-state index in [1.165, 1.54) is 114 Å². The first-order chi connectivity index (χ1) is 18.7. The number of allylic oxidation sites excluding steroid dienone is 2. The molecule has 0 bridgehead atoms. The van der Waals surface area contributed by atoms with E-state index in [2.05, 4.69) is 86.4 Å². The van der Waals surface area contributed by atoms with Gasteiger partial charge >= 0.3 is 0 Å². The van der Waals surface area contributed by atoms with Crippen LogP contribution in [0.25, 0.3) is 0 Å². The van der Waals surface area contributed by atoms with Crippen molar-refractivity contribution in [3.05, 3.63) is 82.9 Å². The third-order valence-electron chi connectivity index (χ3n) is 9.40. The highest BCUT2D eigenvalue weighted by Crippen LogP contribution is 2.38. The van der Waals surface area contributed by atoms with Crippen molar-refractivity contribution in [2.24, 2.45) is 11.8 Å². The minimum atomic E-state index is 0.688. The Morgan fingerprint density at radius 2 is 1.24 bits per heavy atom. The molecule has 0 spiro atoms. The predicted molar refractivity (Wildman–Crippen MR) is 166 cm³/mol. The number of rotatable bonds is 11. The van der Waals surface area contributed by atoms with E-state index >= 15 is 0 Å². The molecule has 0 nitrogen and oxygen atoms in total. The summed E-state index contributed by atoms with van der Waals surface area (Å²) in [6, 6.07) is 18.7. The van der Waals surface area contributed by atoms with Crippen LogP contribution in [0.15, 0.2) is 60.7 Å². The molecule has 0 aromatic heterocycles. The monoisotopic (exact) mass is 508 g/mol. The van der Waals surface area contributed by atoms with Gasteiger partial charge in [0.15, 0.2) is 0 Å². The summed E-state index contributed by atoms with van der Waals surface area (Å²) >= 11 is 0. The molecule has 2 saturated carbocycles. The standard InChI is InChI=1S/C38H52/c1-3-5-7-11-31-15-23-35(24-16-31)37-27-19-33(20-28-37)13-9-10-14-34-21-29-38(30-22-34)36-25-17-32(18-26-36)12-8-6-4-2/h9,13,15-16,21-24,29-30,32-33,36-37H,3-8,11-12,17-20,25-28H2,1-2H3. The highest BCUT2D eigenvalue weighted by atomic mass is 14.3. The first-order valence-electron chi connectivity index (χ1n) is 16.1. The number of unbranched alkanes of at least 4 members (excludes halogenated alkanes) is 4. The van der Waals surface area contributed by atoms with Crippen molar-refractivity contribution in [3.63, 3.8) is 0 Å². The van der Waals surface area contributed by atoms with Gasteiger partial charge in [-0.1, -0.05) is 107 Å². The fraction of sp³-hybridized carbons (Fsp3) is 0.579. The molecule has 2 aromatic carbocycles. The summed E-state index contributed by atoms with van der Waals surface area (Å²) in [5.74, 6) is 9.86. The second-order valence-electron chi connectivity index (χ2n) is 12.3. The summed E-state index contributed by atoms with van der Waals surface area (Å²) in [7, 11) is 0. The first kappa shape index (κ1) is 28.7.